The zero-order valence-corrected chi connectivity index (χ0v) is 13.0. The van der Waals surface area contributed by atoms with E-state index in [2.05, 4.69) is 37.2 Å². The highest BCUT2D eigenvalue weighted by molar-refractivity contribution is 9.13. The Morgan fingerprint density at radius 2 is 1.88 bits per heavy atom. The van der Waals surface area contributed by atoms with Gasteiger partial charge in [-0.15, -0.1) is 0 Å². The highest BCUT2D eigenvalue weighted by Gasteiger charge is 2.44. The van der Waals surface area contributed by atoms with Crippen molar-refractivity contribution in [2.45, 2.75) is 21.6 Å². The number of hydrogen-bond donors (Lipinski definition) is 1. The minimum atomic E-state index is -3.02. The highest BCUT2D eigenvalue weighted by atomic mass is 79.9. The quantitative estimate of drug-likeness (QED) is 0.814. The van der Waals surface area contributed by atoms with Crippen molar-refractivity contribution in [3.05, 3.63) is 35.9 Å². The molecule has 17 heavy (non-hydrogen) atoms. The Bertz CT molecular complexity index is 478. The lowest BCUT2D eigenvalue weighted by Crippen LogP contribution is -2.36. The molecule has 2 rings (SSSR count). The standard InChI is InChI=1S/C11H13Br2NO2S/c12-10-9(7-17(15,16)11(10)13)14-6-8-4-2-1-3-5-8/h1-5,9-11,14H,6-7H2. The first-order valence-corrected chi connectivity index (χ1v) is 8.82. The third kappa shape index (κ3) is 3.10. The molecule has 6 heteroatoms. The van der Waals surface area contributed by atoms with Gasteiger partial charge in [0.2, 0.25) is 0 Å². The van der Waals surface area contributed by atoms with Gasteiger partial charge in [0, 0.05) is 12.6 Å². The monoisotopic (exact) mass is 381 g/mol. The molecule has 0 bridgehead atoms. The molecule has 1 saturated heterocycles. The second kappa shape index (κ2) is 5.38. The zero-order chi connectivity index (χ0) is 12.5. The van der Waals surface area contributed by atoms with Crippen molar-refractivity contribution in [1.82, 2.24) is 5.32 Å². The average molecular weight is 383 g/mol. The molecule has 0 spiro atoms. The molecule has 1 aromatic carbocycles. The number of sulfone groups is 1. The number of nitrogens with one attached hydrogen (secondary N) is 1. The molecule has 3 atom stereocenters. The molecule has 0 radical (unpaired) electrons. The maximum absolute atomic E-state index is 11.7. The molecule has 1 aromatic rings. The maximum atomic E-state index is 11.7. The Balaban J connectivity index is 1.98. The molecule has 1 fully saturated rings. The molecule has 0 aliphatic carbocycles. The zero-order valence-electron chi connectivity index (χ0n) is 9.01. The lowest BCUT2D eigenvalue weighted by molar-refractivity contribution is 0.563. The van der Waals surface area contributed by atoms with Crippen LogP contribution >= 0.6 is 31.9 Å². The fraction of sp³-hybridized carbons (Fsp3) is 0.455. The van der Waals surface area contributed by atoms with Crippen molar-refractivity contribution in [2.24, 2.45) is 0 Å². The Morgan fingerprint density at radius 3 is 2.41 bits per heavy atom. The van der Waals surface area contributed by atoms with E-state index >= 15 is 0 Å². The predicted molar refractivity (Wildman–Crippen MR) is 76.3 cm³/mol. The molecule has 1 N–H and O–H groups in total. The van der Waals surface area contributed by atoms with Crippen LogP contribution in [0.5, 0.6) is 0 Å². The molecular formula is C11H13Br2NO2S. The van der Waals surface area contributed by atoms with E-state index in [1.54, 1.807) is 0 Å². The summed E-state index contributed by atoms with van der Waals surface area (Å²) < 4.78 is 22.9. The number of rotatable bonds is 3. The van der Waals surface area contributed by atoms with Crippen LogP contribution in [0.25, 0.3) is 0 Å². The molecule has 1 heterocycles. The lowest BCUT2D eigenvalue weighted by Gasteiger charge is -2.15. The minimum Gasteiger partial charge on any atom is -0.308 e. The normalized spacial score (nSPS) is 31.5. The van der Waals surface area contributed by atoms with E-state index in [1.807, 2.05) is 30.3 Å². The van der Waals surface area contributed by atoms with Crippen LogP contribution in [0.1, 0.15) is 5.56 Å². The molecular weight excluding hydrogens is 370 g/mol. The first kappa shape index (κ1) is 13.5. The largest absolute Gasteiger partial charge is 0.308 e. The van der Waals surface area contributed by atoms with E-state index in [0.29, 0.717) is 6.54 Å². The second-order valence-electron chi connectivity index (χ2n) is 4.10. The summed E-state index contributed by atoms with van der Waals surface area (Å²) in [6.07, 6.45) is 0. The smallest absolute Gasteiger partial charge is 0.165 e. The van der Waals surface area contributed by atoms with Gasteiger partial charge >= 0.3 is 0 Å². The van der Waals surface area contributed by atoms with Crippen LogP contribution in [0, 0.1) is 0 Å². The average Bonchev–Trinajstić information content (AvgIpc) is 2.52. The van der Waals surface area contributed by atoms with Gasteiger partial charge in [-0.1, -0.05) is 62.2 Å². The van der Waals surface area contributed by atoms with Gasteiger partial charge in [0.25, 0.3) is 0 Å². The molecule has 94 valence electrons. The van der Waals surface area contributed by atoms with Crippen molar-refractivity contribution in [2.75, 3.05) is 5.75 Å². The van der Waals surface area contributed by atoms with Crippen molar-refractivity contribution in [3.8, 4) is 0 Å². The molecule has 1 aliphatic rings. The Labute approximate surface area is 118 Å². The summed E-state index contributed by atoms with van der Waals surface area (Å²) in [4.78, 5) is -0.0868. The van der Waals surface area contributed by atoms with E-state index in [9.17, 15) is 8.42 Å². The van der Waals surface area contributed by atoms with E-state index in [1.165, 1.54) is 0 Å². The van der Waals surface area contributed by atoms with Crippen LogP contribution in [-0.4, -0.2) is 29.2 Å². The number of hydrogen-bond acceptors (Lipinski definition) is 3. The topological polar surface area (TPSA) is 46.2 Å². The van der Waals surface area contributed by atoms with Gasteiger partial charge in [0.15, 0.2) is 9.84 Å². The van der Waals surface area contributed by atoms with Gasteiger partial charge in [-0.3, -0.25) is 0 Å². The van der Waals surface area contributed by atoms with Gasteiger partial charge in [-0.2, -0.15) is 0 Å². The first-order valence-electron chi connectivity index (χ1n) is 5.28. The highest BCUT2D eigenvalue weighted by Crippen LogP contribution is 2.31. The Hall–Kier alpha value is 0.0900. The number of halogens is 2. The predicted octanol–water partition coefficient (Wildman–Crippen LogP) is 2.06. The number of alkyl halides is 2. The van der Waals surface area contributed by atoms with Crippen molar-refractivity contribution >= 4 is 41.7 Å². The third-order valence-electron chi connectivity index (χ3n) is 2.80. The van der Waals surface area contributed by atoms with Crippen LogP contribution in [0.2, 0.25) is 0 Å². The molecule has 3 unspecified atom stereocenters. The van der Waals surface area contributed by atoms with Gasteiger partial charge in [-0.25, -0.2) is 8.42 Å². The van der Waals surface area contributed by atoms with Crippen LogP contribution in [0.4, 0.5) is 0 Å². The van der Waals surface area contributed by atoms with E-state index < -0.39 is 14.0 Å². The van der Waals surface area contributed by atoms with Crippen LogP contribution in [-0.2, 0) is 16.4 Å². The fourth-order valence-electron chi connectivity index (χ4n) is 1.83. The van der Waals surface area contributed by atoms with E-state index in [0.717, 1.165) is 5.56 Å². The molecule has 0 saturated carbocycles. The minimum absolute atomic E-state index is 0.0513. The van der Waals surface area contributed by atoms with Crippen LogP contribution in [0.15, 0.2) is 30.3 Å². The summed E-state index contributed by atoms with van der Waals surface area (Å²) >= 11 is 6.65. The summed E-state index contributed by atoms with van der Waals surface area (Å²) in [5.41, 5.74) is 1.16. The summed E-state index contributed by atoms with van der Waals surface area (Å²) in [5, 5.41) is 3.28. The fourth-order valence-corrected chi connectivity index (χ4v) is 5.86. The molecule has 0 aromatic heterocycles. The van der Waals surface area contributed by atoms with Crippen molar-refractivity contribution in [1.29, 1.82) is 0 Å². The van der Waals surface area contributed by atoms with Gasteiger partial charge in [0.1, 0.15) is 4.16 Å². The van der Waals surface area contributed by atoms with Gasteiger partial charge < -0.3 is 5.32 Å². The SMILES string of the molecule is O=S1(=O)CC(NCc2ccccc2)C(Br)C1Br. The molecule has 1 aliphatic heterocycles. The summed E-state index contributed by atoms with van der Waals surface area (Å²) in [5.74, 6) is 0.172. The van der Waals surface area contributed by atoms with Crippen molar-refractivity contribution < 1.29 is 8.42 Å². The number of benzene rings is 1. The van der Waals surface area contributed by atoms with E-state index in [4.69, 9.17) is 0 Å². The Morgan fingerprint density at radius 1 is 1.24 bits per heavy atom. The molecule has 3 nitrogen and oxygen atoms in total. The summed E-state index contributed by atoms with van der Waals surface area (Å²) in [6.45, 7) is 0.683. The van der Waals surface area contributed by atoms with Gasteiger partial charge in [-0.05, 0) is 5.56 Å². The second-order valence-corrected chi connectivity index (χ2v) is 8.91. The first-order chi connectivity index (χ1) is 8.00. The third-order valence-corrected chi connectivity index (χ3v) is 9.11. The maximum Gasteiger partial charge on any atom is 0.165 e. The van der Waals surface area contributed by atoms with Crippen molar-refractivity contribution in [3.63, 3.8) is 0 Å². The van der Waals surface area contributed by atoms with Crippen LogP contribution < -0.4 is 5.32 Å². The van der Waals surface area contributed by atoms with Crippen LogP contribution in [0.3, 0.4) is 0 Å². The lowest BCUT2D eigenvalue weighted by atomic mass is 10.2. The molecule has 0 amide bonds. The van der Waals surface area contributed by atoms with E-state index in [-0.39, 0.29) is 16.6 Å². The Kier molecular flexibility index (Phi) is 4.28. The summed E-state index contributed by atoms with van der Waals surface area (Å²) in [7, 11) is -3.02. The van der Waals surface area contributed by atoms with Gasteiger partial charge in [0.05, 0.1) is 10.6 Å². The summed E-state index contributed by atoms with van der Waals surface area (Å²) in [6, 6.07) is 9.90.